The van der Waals surface area contributed by atoms with E-state index < -0.39 is 4.92 Å². The van der Waals surface area contributed by atoms with Crippen molar-refractivity contribution in [1.82, 2.24) is 4.90 Å². The number of amides is 1. The second kappa shape index (κ2) is 7.79. The van der Waals surface area contributed by atoms with Crippen molar-refractivity contribution in [2.75, 3.05) is 13.1 Å². The summed E-state index contributed by atoms with van der Waals surface area (Å²) in [6, 6.07) is 10.7. The number of hydrogen-bond acceptors (Lipinski definition) is 4. The molecule has 0 atom stereocenters. The summed E-state index contributed by atoms with van der Waals surface area (Å²) in [5, 5.41) is 11.3. The van der Waals surface area contributed by atoms with Gasteiger partial charge in [-0.1, -0.05) is 11.6 Å². The molecule has 0 spiro atoms. The van der Waals surface area contributed by atoms with Crippen molar-refractivity contribution >= 4 is 23.2 Å². The molecule has 0 aliphatic carbocycles. The molecular formula is C17H17ClN2O4. The number of carbonyl (C=O) groups is 1. The van der Waals surface area contributed by atoms with Crippen LogP contribution in [0.4, 0.5) is 5.69 Å². The lowest BCUT2D eigenvalue weighted by molar-refractivity contribution is -0.385. The molecule has 0 saturated carbocycles. The summed E-state index contributed by atoms with van der Waals surface area (Å²) in [6.07, 6.45) is 0. The van der Waals surface area contributed by atoms with Crippen molar-refractivity contribution in [3.63, 3.8) is 0 Å². The number of carbonyl (C=O) groups excluding carboxylic acids is 1. The molecule has 2 aromatic carbocycles. The summed E-state index contributed by atoms with van der Waals surface area (Å²) in [5.41, 5.74) is 0.322. The van der Waals surface area contributed by atoms with Crippen LogP contribution in [0.3, 0.4) is 0 Å². The lowest BCUT2D eigenvalue weighted by atomic mass is 10.2. The summed E-state index contributed by atoms with van der Waals surface area (Å²) in [4.78, 5) is 24.5. The number of benzene rings is 2. The van der Waals surface area contributed by atoms with Gasteiger partial charge in [-0.3, -0.25) is 14.9 Å². The Morgan fingerprint density at radius 3 is 2.33 bits per heavy atom. The molecule has 24 heavy (non-hydrogen) atoms. The second-order valence-corrected chi connectivity index (χ2v) is 5.41. The van der Waals surface area contributed by atoms with E-state index in [0.717, 1.165) is 0 Å². The molecular weight excluding hydrogens is 332 g/mol. The van der Waals surface area contributed by atoms with Crippen molar-refractivity contribution in [2.24, 2.45) is 0 Å². The van der Waals surface area contributed by atoms with Crippen molar-refractivity contribution < 1.29 is 14.5 Å². The van der Waals surface area contributed by atoms with Gasteiger partial charge < -0.3 is 9.64 Å². The molecule has 0 saturated heterocycles. The first-order valence-corrected chi connectivity index (χ1v) is 7.85. The summed E-state index contributed by atoms with van der Waals surface area (Å²) in [6.45, 7) is 5.09. The zero-order chi connectivity index (χ0) is 17.7. The first-order chi connectivity index (χ1) is 11.5. The number of nitro benzene ring substituents is 1. The summed E-state index contributed by atoms with van der Waals surface area (Å²) >= 11 is 5.77. The van der Waals surface area contributed by atoms with Crippen LogP contribution in [0.1, 0.15) is 24.2 Å². The quantitative estimate of drug-likeness (QED) is 0.568. The van der Waals surface area contributed by atoms with Crippen LogP contribution in [0, 0.1) is 10.1 Å². The van der Waals surface area contributed by atoms with Gasteiger partial charge in [0.05, 0.1) is 4.92 Å². The Kier molecular flexibility index (Phi) is 5.76. The first kappa shape index (κ1) is 17.7. The molecule has 0 heterocycles. The summed E-state index contributed by atoms with van der Waals surface area (Å²) in [7, 11) is 0. The van der Waals surface area contributed by atoms with Gasteiger partial charge in [0.2, 0.25) is 5.75 Å². The second-order valence-electron chi connectivity index (χ2n) is 4.97. The first-order valence-electron chi connectivity index (χ1n) is 7.47. The Morgan fingerprint density at radius 1 is 1.17 bits per heavy atom. The molecule has 0 aliphatic heterocycles. The molecule has 126 valence electrons. The fourth-order valence-corrected chi connectivity index (χ4v) is 2.37. The van der Waals surface area contributed by atoms with Crippen LogP contribution in [0.5, 0.6) is 11.5 Å². The molecule has 0 bridgehead atoms. The molecule has 0 N–H and O–H groups in total. The molecule has 0 aliphatic rings. The van der Waals surface area contributed by atoms with Gasteiger partial charge in [-0.25, -0.2) is 0 Å². The summed E-state index contributed by atoms with van der Waals surface area (Å²) in [5.74, 6) is 0.424. The predicted octanol–water partition coefficient (Wildman–Crippen LogP) is 4.52. The lowest BCUT2D eigenvalue weighted by Crippen LogP contribution is -2.30. The van der Waals surface area contributed by atoms with Gasteiger partial charge >= 0.3 is 5.69 Å². The smallest absolute Gasteiger partial charge is 0.313 e. The molecule has 2 aromatic rings. The molecule has 2 rings (SSSR count). The van der Waals surface area contributed by atoms with Crippen LogP contribution < -0.4 is 4.74 Å². The highest BCUT2D eigenvalue weighted by atomic mass is 35.5. The number of ether oxygens (including phenoxy) is 1. The van der Waals surface area contributed by atoms with Crippen LogP contribution in [0.2, 0.25) is 5.02 Å². The maximum Gasteiger partial charge on any atom is 0.313 e. The van der Waals surface area contributed by atoms with E-state index in [4.69, 9.17) is 16.3 Å². The third-order valence-electron chi connectivity index (χ3n) is 3.50. The largest absolute Gasteiger partial charge is 0.450 e. The van der Waals surface area contributed by atoms with Crippen LogP contribution in [0.15, 0.2) is 42.5 Å². The predicted molar refractivity (Wildman–Crippen MR) is 91.9 cm³/mol. The van der Waals surface area contributed by atoms with Crippen LogP contribution >= 0.6 is 11.6 Å². The third kappa shape index (κ3) is 4.02. The van der Waals surface area contributed by atoms with Gasteiger partial charge in [-0.05, 0) is 50.2 Å². The Balaban J connectivity index is 2.21. The van der Waals surface area contributed by atoms with Crippen LogP contribution in [-0.4, -0.2) is 28.8 Å². The molecule has 0 unspecified atom stereocenters. The van der Waals surface area contributed by atoms with Crippen LogP contribution in [-0.2, 0) is 0 Å². The number of nitro groups is 1. The van der Waals surface area contributed by atoms with E-state index in [1.54, 1.807) is 29.2 Å². The minimum atomic E-state index is -0.556. The average Bonchev–Trinajstić information content (AvgIpc) is 2.58. The highest BCUT2D eigenvalue weighted by Gasteiger charge is 2.17. The normalized spacial score (nSPS) is 10.3. The number of rotatable bonds is 6. The molecule has 0 aromatic heterocycles. The molecule has 0 radical (unpaired) electrons. The van der Waals surface area contributed by atoms with Crippen molar-refractivity contribution in [3.8, 4) is 11.5 Å². The van der Waals surface area contributed by atoms with Gasteiger partial charge in [0.1, 0.15) is 5.75 Å². The van der Waals surface area contributed by atoms with E-state index in [1.165, 1.54) is 18.2 Å². The maximum atomic E-state index is 12.2. The standard InChI is InChI=1S/C17H17ClN2O4/c1-3-19(4-2)17(21)12-5-8-14(9-6-12)24-16-10-7-13(18)11-15(16)20(22)23/h5-11H,3-4H2,1-2H3. The zero-order valence-corrected chi connectivity index (χ0v) is 14.1. The Bertz CT molecular complexity index is 743. The zero-order valence-electron chi connectivity index (χ0n) is 13.4. The van der Waals surface area contributed by atoms with Crippen LogP contribution in [0.25, 0.3) is 0 Å². The van der Waals surface area contributed by atoms with Crippen molar-refractivity contribution in [2.45, 2.75) is 13.8 Å². The lowest BCUT2D eigenvalue weighted by Gasteiger charge is -2.18. The molecule has 0 fully saturated rings. The highest BCUT2D eigenvalue weighted by molar-refractivity contribution is 6.30. The van der Waals surface area contributed by atoms with Gasteiger partial charge in [0, 0.05) is 29.7 Å². The van der Waals surface area contributed by atoms with E-state index in [2.05, 4.69) is 0 Å². The maximum absolute atomic E-state index is 12.2. The Labute approximate surface area is 144 Å². The SMILES string of the molecule is CCN(CC)C(=O)c1ccc(Oc2ccc(Cl)cc2[N+](=O)[O-])cc1. The molecule has 6 nitrogen and oxygen atoms in total. The highest BCUT2D eigenvalue weighted by Crippen LogP contribution is 2.33. The number of hydrogen-bond donors (Lipinski definition) is 0. The Hall–Kier alpha value is -2.60. The average molecular weight is 349 g/mol. The fraction of sp³-hybridized carbons (Fsp3) is 0.235. The van der Waals surface area contributed by atoms with Gasteiger partial charge in [0.15, 0.2) is 0 Å². The topological polar surface area (TPSA) is 72.7 Å². The minimum absolute atomic E-state index is 0.0657. The van der Waals surface area contributed by atoms with E-state index in [-0.39, 0.29) is 22.4 Å². The Morgan fingerprint density at radius 2 is 1.79 bits per heavy atom. The van der Waals surface area contributed by atoms with E-state index in [1.807, 2.05) is 13.8 Å². The summed E-state index contributed by atoms with van der Waals surface area (Å²) < 4.78 is 5.55. The van der Waals surface area contributed by atoms with Gasteiger partial charge in [0.25, 0.3) is 5.91 Å². The van der Waals surface area contributed by atoms with E-state index in [9.17, 15) is 14.9 Å². The fourth-order valence-electron chi connectivity index (χ4n) is 2.21. The van der Waals surface area contributed by atoms with Crippen molar-refractivity contribution in [1.29, 1.82) is 0 Å². The minimum Gasteiger partial charge on any atom is -0.450 e. The monoisotopic (exact) mass is 348 g/mol. The van der Waals surface area contributed by atoms with E-state index in [0.29, 0.717) is 24.4 Å². The number of halogens is 1. The number of nitrogens with zero attached hydrogens (tertiary/aromatic N) is 2. The van der Waals surface area contributed by atoms with Gasteiger partial charge in [-0.2, -0.15) is 0 Å². The van der Waals surface area contributed by atoms with Gasteiger partial charge in [-0.15, -0.1) is 0 Å². The third-order valence-corrected chi connectivity index (χ3v) is 3.73. The molecule has 7 heteroatoms. The van der Waals surface area contributed by atoms with Crippen molar-refractivity contribution in [3.05, 3.63) is 63.2 Å². The molecule has 1 amide bonds. The van der Waals surface area contributed by atoms with E-state index >= 15 is 0 Å².